The van der Waals surface area contributed by atoms with Gasteiger partial charge in [-0.3, -0.25) is 14.7 Å². The van der Waals surface area contributed by atoms with Gasteiger partial charge in [-0.05, 0) is 55.3 Å². The standard InChI is InChI=1S/C28H26ClN5O4/c1-16(2)21-10-17(12-30)11-22-24(21)37-26(33-22)19-6-4-18(5-7-19)25(35)32-14-28(3)15-34(27(36)38-28)23-9-8-20(29)13-31-23/h4-11,16,20H,13-15H2,1-3H3,(H,32,35). The van der Waals surface area contributed by atoms with Gasteiger partial charge in [0.15, 0.2) is 5.58 Å². The summed E-state index contributed by atoms with van der Waals surface area (Å²) >= 11 is 6.02. The number of nitrogens with zero attached hydrogens (tertiary/aromatic N) is 4. The van der Waals surface area contributed by atoms with Crippen LogP contribution in [-0.2, 0) is 4.74 Å². The van der Waals surface area contributed by atoms with Crippen LogP contribution in [0.2, 0.25) is 0 Å². The molecule has 0 radical (unpaired) electrons. The zero-order valence-electron chi connectivity index (χ0n) is 21.2. The average Bonchev–Trinajstić information content (AvgIpc) is 3.47. The molecule has 194 valence electrons. The van der Waals surface area contributed by atoms with E-state index in [1.165, 1.54) is 4.90 Å². The van der Waals surface area contributed by atoms with Gasteiger partial charge in [0.05, 0.1) is 36.6 Å². The number of nitrogens with one attached hydrogen (secondary N) is 1. The monoisotopic (exact) mass is 531 g/mol. The zero-order chi connectivity index (χ0) is 27.0. The van der Waals surface area contributed by atoms with Gasteiger partial charge in [-0.15, -0.1) is 11.6 Å². The number of benzene rings is 2. The van der Waals surface area contributed by atoms with Crippen LogP contribution < -0.4 is 5.32 Å². The van der Waals surface area contributed by atoms with Crippen LogP contribution in [0.3, 0.4) is 0 Å². The van der Waals surface area contributed by atoms with Gasteiger partial charge in [0, 0.05) is 16.7 Å². The third kappa shape index (κ3) is 5.00. The SMILES string of the molecule is CC(C)c1cc(C#N)cc2nc(-c3ccc(C(=O)NCC4(C)CN(C5=NCC(Cl)C=C5)C(=O)O4)cc3)oc12. The number of rotatable bonds is 5. The molecule has 9 nitrogen and oxygen atoms in total. The molecule has 1 N–H and O–H groups in total. The molecule has 10 heteroatoms. The lowest BCUT2D eigenvalue weighted by atomic mass is 10.00. The van der Waals surface area contributed by atoms with Crippen LogP contribution in [0.4, 0.5) is 4.79 Å². The Labute approximate surface area is 224 Å². The van der Waals surface area contributed by atoms with Crippen molar-refractivity contribution in [2.75, 3.05) is 19.6 Å². The molecule has 0 saturated carbocycles. The third-order valence-electron chi connectivity index (χ3n) is 6.49. The van der Waals surface area contributed by atoms with Crippen LogP contribution in [0, 0.1) is 11.3 Å². The lowest BCUT2D eigenvalue weighted by Gasteiger charge is -2.22. The first-order chi connectivity index (χ1) is 18.2. The summed E-state index contributed by atoms with van der Waals surface area (Å²) in [5, 5.41) is 12.0. The molecule has 2 atom stereocenters. The molecule has 3 aromatic rings. The van der Waals surface area contributed by atoms with Crippen molar-refractivity contribution in [2.45, 2.75) is 37.7 Å². The summed E-state index contributed by atoms with van der Waals surface area (Å²) in [5.74, 6) is 0.775. The number of alkyl halides is 1. The first-order valence-electron chi connectivity index (χ1n) is 12.3. The number of ether oxygens (including phenoxy) is 1. The minimum atomic E-state index is -0.907. The highest BCUT2D eigenvalue weighted by molar-refractivity contribution is 6.22. The van der Waals surface area contributed by atoms with E-state index in [0.717, 1.165) is 5.56 Å². The summed E-state index contributed by atoms with van der Waals surface area (Å²) < 4.78 is 11.6. The smallest absolute Gasteiger partial charge is 0.416 e. The number of halogens is 1. The maximum Gasteiger partial charge on any atom is 0.416 e. The van der Waals surface area contributed by atoms with Crippen molar-refractivity contribution < 1.29 is 18.7 Å². The number of amides is 2. The van der Waals surface area contributed by atoms with E-state index in [0.29, 0.717) is 46.1 Å². The second kappa shape index (κ2) is 9.95. The number of hydrogen-bond acceptors (Lipinski definition) is 7. The van der Waals surface area contributed by atoms with E-state index < -0.39 is 11.7 Å². The molecule has 2 aliphatic rings. The molecule has 3 heterocycles. The van der Waals surface area contributed by atoms with Gasteiger partial charge in [0.25, 0.3) is 5.91 Å². The number of nitriles is 1. The highest BCUT2D eigenvalue weighted by atomic mass is 35.5. The van der Waals surface area contributed by atoms with E-state index in [2.05, 4.69) is 21.4 Å². The molecule has 0 aliphatic carbocycles. The van der Waals surface area contributed by atoms with Crippen LogP contribution in [0.5, 0.6) is 0 Å². The van der Waals surface area contributed by atoms with Crippen molar-refractivity contribution in [1.82, 2.24) is 15.2 Å². The topological polar surface area (TPSA) is 121 Å². The van der Waals surface area contributed by atoms with Crippen molar-refractivity contribution in [3.05, 3.63) is 65.2 Å². The number of fused-ring (bicyclic) bond motifs is 1. The maximum atomic E-state index is 12.8. The average molecular weight is 532 g/mol. The summed E-state index contributed by atoms with van der Waals surface area (Å²) in [6.07, 6.45) is 2.98. The molecule has 1 fully saturated rings. The maximum absolute atomic E-state index is 12.8. The molecule has 1 aromatic heterocycles. The lowest BCUT2D eigenvalue weighted by Crippen LogP contribution is -2.44. The van der Waals surface area contributed by atoms with Gasteiger partial charge in [-0.2, -0.15) is 5.26 Å². The van der Waals surface area contributed by atoms with E-state index in [1.807, 2.05) is 19.9 Å². The van der Waals surface area contributed by atoms with Gasteiger partial charge in [-0.25, -0.2) is 9.78 Å². The molecule has 2 aromatic carbocycles. The Hall–Kier alpha value is -4.16. The largest absolute Gasteiger partial charge is 0.439 e. The molecule has 38 heavy (non-hydrogen) atoms. The first kappa shape index (κ1) is 25.5. The molecule has 2 amide bonds. The van der Waals surface area contributed by atoms with Gasteiger partial charge in [0.1, 0.15) is 17.0 Å². The Bertz CT molecular complexity index is 1520. The van der Waals surface area contributed by atoms with Crippen LogP contribution >= 0.6 is 11.6 Å². The number of carbonyl (C=O) groups is 2. The number of amidine groups is 1. The number of cyclic esters (lactones) is 1. The zero-order valence-corrected chi connectivity index (χ0v) is 22.0. The normalized spacial score (nSPS) is 20.9. The fourth-order valence-electron chi connectivity index (χ4n) is 4.43. The van der Waals surface area contributed by atoms with Crippen LogP contribution in [0.25, 0.3) is 22.6 Å². The Morgan fingerprint density at radius 1 is 1.32 bits per heavy atom. The highest BCUT2D eigenvalue weighted by Gasteiger charge is 2.43. The number of oxazole rings is 1. The number of hydrogen-bond donors (Lipinski definition) is 1. The molecule has 2 aliphatic heterocycles. The van der Waals surface area contributed by atoms with Gasteiger partial charge >= 0.3 is 6.09 Å². The lowest BCUT2D eigenvalue weighted by molar-refractivity contribution is 0.0652. The van der Waals surface area contributed by atoms with Crippen molar-refractivity contribution in [3.8, 4) is 17.5 Å². The Kier molecular flexibility index (Phi) is 6.67. The van der Waals surface area contributed by atoms with E-state index in [4.69, 9.17) is 20.8 Å². The molecule has 5 rings (SSSR count). The van der Waals surface area contributed by atoms with Crippen LogP contribution in [-0.4, -0.2) is 58.3 Å². The summed E-state index contributed by atoms with van der Waals surface area (Å²) in [4.78, 5) is 35.6. The van der Waals surface area contributed by atoms with E-state index in [9.17, 15) is 14.9 Å². The van der Waals surface area contributed by atoms with E-state index >= 15 is 0 Å². The summed E-state index contributed by atoms with van der Waals surface area (Å²) in [6.45, 7) is 6.62. The van der Waals surface area contributed by atoms with Crippen molar-refractivity contribution in [3.63, 3.8) is 0 Å². The molecule has 0 bridgehead atoms. The fraction of sp³-hybridized carbons (Fsp3) is 0.321. The number of aromatic nitrogens is 1. The van der Waals surface area contributed by atoms with Crippen LogP contribution in [0.1, 0.15) is 48.2 Å². The third-order valence-corrected chi connectivity index (χ3v) is 6.78. The first-order valence-corrected chi connectivity index (χ1v) is 12.7. The molecule has 2 unspecified atom stereocenters. The second-order valence-electron chi connectivity index (χ2n) is 9.94. The Balaban J connectivity index is 1.26. The van der Waals surface area contributed by atoms with Crippen molar-refractivity contribution in [2.24, 2.45) is 4.99 Å². The summed E-state index contributed by atoms with van der Waals surface area (Å²) in [6, 6.07) is 12.6. The minimum absolute atomic E-state index is 0.134. The predicted molar refractivity (Wildman–Crippen MR) is 143 cm³/mol. The predicted octanol–water partition coefficient (Wildman–Crippen LogP) is 5.01. The highest BCUT2D eigenvalue weighted by Crippen LogP contribution is 2.31. The minimum Gasteiger partial charge on any atom is -0.439 e. The Morgan fingerprint density at radius 3 is 2.74 bits per heavy atom. The van der Waals surface area contributed by atoms with Gasteiger partial charge in [0.2, 0.25) is 5.89 Å². The molecular weight excluding hydrogens is 506 g/mol. The number of dihydropyridines is 1. The molecule has 1 saturated heterocycles. The summed E-state index contributed by atoms with van der Waals surface area (Å²) in [7, 11) is 0. The molecular formula is C28H26ClN5O4. The number of aliphatic imine (C=N–C) groups is 1. The number of carbonyl (C=O) groups excluding carboxylic acids is 2. The van der Waals surface area contributed by atoms with Crippen LogP contribution in [0.15, 0.2) is 58.0 Å². The summed E-state index contributed by atoms with van der Waals surface area (Å²) in [5.41, 5.74) is 2.97. The van der Waals surface area contributed by atoms with Gasteiger partial charge in [-0.1, -0.05) is 19.9 Å². The van der Waals surface area contributed by atoms with Gasteiger partial charge < -0.3 is 14.5 Å². The fourth-order valence-corrected chi connectivity index (χ4v) is 4.57. The Morgan fingerprint density at radius 2 is 2.08 bits per heavy atom. The van der Waals surface area contributed by atoms with E-state index in [1.54, 1.807) is 49.4 Å². The quantitative estimate of drug-likeness (QED) is 0.462. The van der Waals surface area contributed by atoms with Crippen molar-refractivity contribution in [1.29, 1.82) is 5.26 Å². The van der Waals surface area contributed by atoms with Crippen molar-refractivity contribution >= 4 is 40.5 Å². The van der Waals surface area contributed by atoms with E-state index in [-0.39, 0.29) is 30.3 Å². The second-order valence-corrected chi connectivity index (χ2v) is 10.5. The molecule has 0 spiro atoms.